The first kappa shape index (κ1) is 37.2. The molecule has 0 bridgehead atoms. The fourth-order valence-corrected chi connectivity index (χ4v) is 8.89. The quantitative estimate of drug-likeness (QED) is 0.107. The molecule has 8 rings (SSSR count). The van der Waals surface area contributed by atoms with Crippen LogP contribution in [0.3, 0.4) is 0 Å². The van der Waals surface area contributed by atoms with Crippen LogP contribution < -0.4 is 19.7 Å². The minimum atomic E-state index is -0.818. The molecule has 4 aromatic rings. The van der Waals surface area contributed by atoms with Gasteiger partial charge in [-0.1, -0.05) is 6.58 Å². The molecule has 3 amide bonds. The number of benzene rings is 3. The Bertz CT molecular complexity index is 2070. The molecule has 12 heteroatoms. The lowest BCUT2D eigenvalue weighted by molar-refractivity contribution is -0.125. The molecule has 1 unspecified atom stereocenters. The van der Waals surface area contributed by atoms with E-state index in [1.807, 2.05) is 20.2 Å². The molecule has 1 aliphatic carbocycles. The average molecular weight is 764 g/mol. The van der Waals surface area contributed by atoms with Crippen LogP contribution in [-0.2, 0) is 9.53 Å². The molecule has 1 saturated carbocycles. The third-order valence-corrected chi connectivity index (χ3v) is 12.2. The van der Waals surface area contributed by atoms with Gasteiger partial charge >= 0.3 is 0 Å². The van der Waals surface area contributed by atoms with Crippen molar-refractivity contribution in [1.29, 1.82) is 0 Å². The van der Waals surface area contributed by atoms with Crippen molar-refractivity contribution in [1.82, 2.24) is 20.1 Å². The summed E-state index contributed by atoms with van der Waals surface area (Å²) in [5, 5.41) is 3.68. The lowest BCUT2D eigenvalue weighted by atomic mass is 9.91. The Balaban J connectivity index is 0.697. The highest BCUT2D eigenvalue weighted by molar-refractivity contribution is 7.21. The van der Waals surface area contributed by atoms with E-state index in [1.165, 1.54) is 5.69 Å². The molecule has 0 radical (unpaired) electrons. The number of allylic oxidation sites excluding steroid dienone is 1. The summed E-state index contributed by atoms with van der Waals surface area (Å²) in [5.41, 5.74) is 4.51. The van der Waals surface area contributed by atoms with E-state index in [-0.39, 0.29) is 18.1 Å². The summed E-state index contributed by atoms with van der Waals surface area (Å²) < 4.78 is 19.9. The Hall–Kier alpha value is -4.78. The Morgan fingerprint density at radius 3 is 2.38 bits per heavy atom. The number of amides is 3. The van der Waals surface area contributed by atoms with Crippen LogP contribution in [-0.4, -0.2) is 97.2 Å². The lowest BCUT2D eigenvalue weighted by Gasteiger charge is -2.40. The smallest absolute Gasteiger partial charge is 0.262 e. The zero-order valence-corrected chi connectivity index (χ0v) is 32.4. The van der Waals surface area contributed by atoms with Crippen molar-refractivity contribution in [3.8, 4) is 22.1 Å². The van der Waals surface area contributed by atoms with Gasteiger partial charge in [-0.25, -0.2) is 4.98 Å². The van der Waals surface area contributed by atoms with E-state index >= 15 is 0 Å². The van der Waals surface area contributed by atoms with Crippen molar-refractivity contribution in [2.45, 2.75) is 82.1 Å². The van der Waals surface area contributed by atoms with E-state index in [0.29, 0.717) is 48.1 Å². The molecule has 1 aromatic heterocycles. The number of ether oxygens (including phenoxy) is 3. The zero-order chi connectivity index (χ0) is 38.1. The van der Waals surface area contributed by atoms with Gasteiger partial charge in [0.15, 0.2) is 0 Å². The van der Waals surface area contributed by atoms with Gasteiger partial charge in [0, 0.05) is 57.0 Å². The van der Waals surface area contributed by atoms with Crippen LogP contribution in [0, 0.1) is 0 Å². The SMILES string of the molecule is C=C1CCC(N2C(=O)c3ccc(OCCCCCN4CCC(O[C@H]5C[C@H](Oc6ccc7nc(-c8ccc(N(C)C)cc8)sc7c6)C5)CC4)cc3C2=O)C(=O)N1. The first-order valence-corrected chi connectivity index (χ1v) is 20.4. The molecule has 4 aliphatic rings. The van der Waals surface area contributed by atoms with E-state index < -0.39 is 17.9 Å². The number of hydrogen-bond acceptors (Lipinski definition) is 10. The van der Waals surface area contributed by atoms with Crippen LogP contribution >= 0.6 is 11.3 Å². The number of piperidine rings is 2. The number of aromatic nitrogens is 1. The largest absolute Gasteiger partial charge is 0.494 e. The average Bonchev–Trinajstić information content (AvgIpc) is 3.70. The van der Waals surface area contributed by atoms with Crippen molar-refractivity contribution in [3.05, 3.63) is 84.1 Å². The normalized spacial score (nSPS) is 21.8. The van der Waals surface area contributed by atoms with E-state index in [9.17, 15) is 14.4 Å². The number of hydrogen-bond donors (Lipinski definition) is 1. The van der Waals surface area contributed by atoms with Crippen LogP contribution in [0.1, 0.15) is 78.5 Å². The van der Waals surface area contributed by atoms with E-state index in [0.717, 1.165) is 96.0 Å². The summed E-state index contributed by atoms with van der Waals surface area (Å²) in [6.07, 6.45) is 8.71. The molecule has 2 saturated heterocycles. The van der Waals surface area contributed by atoms with Crippen LogP contribution in [0.15, 0.2) is 72.9 Å². The van der Waals surface area contributed by atoms with Gasteiger partial charge in [-0.05, 0) is 112 Å². The number of carbonyl (C=O) groups excluding carboxylic acids is 3. The van der Waals surface area contributed by atoms with E-state index in [2.05, 4.69) is 58.1 Å². The number of unbranched alkanes of at least 4 members (excludes halogenated alkanes) is 2. The molecule has 11 nitrogen and oxygen atoms in total. The van der Waals surface area contributed by atoms with E-state index in [1.54, 1.807) is 29.5 Å². The number of likely N-dealkylation sites (tertiary alicyclic amines) is 1. The zero-order valence-electron chi connectivity index (χ0n) is 31.6. The Morgan fingerprint density at radius 2 is 1.62 bits per heavy atom. The predicted octanol–water partition coefficient (Wildman–Crippen LogP) is 7.06. The summed E-state index contributed by atoms with van der Waals surface area (Å²) in [7, 11) is 4.09. The first-order chi connectivity index (χ1) is 26.7. The molecule has 3 fully saturated rings. The maximum atomic E-state index is 13.1. The summed E-state index contributed by atoms with van der Waals surface area (Å²) in [6.45, 7) is 7.49. The standard InChI is InChI=1S/C43H49N5O6S/c1-27-7-16-38(40(49)44-27)48-42(50)35-14-12-31(25-36(35)43(48)51)52-22-6-4-5-19-47-20-17-30(18-21-47)53-33-23-34(24-33)54-32-13-15-37-39(26-32)55-41(45-37)28-8-10-29(11-9-28)46(2)3/h8-15,25-26,30,33-34,38H,1,4-7,16-24H2,2-3H3,(H,44,49)/t33-,34-,38?. The van der Waals surface area contributed by atoms with Crippen LogP contribution in [0.5, 0.6) is 11.5 Å². The molecule has 3 aromatic carbocycles. The van der Waals surface area contributed by atoms with Crippen LogP contribution in [0.25, 0.3) is 20.8 Å². The minimum Gasteiger partial charge on any atom is -0.494 e. The van der Waals surface area contributed by atoms with Gasteiger partial charge in [-0.2, -0.15) is 0 Å². The van der Waals surface area contributed by atoms with Gasteiger partial charge in [0.1, 0.15) is 28.7 Å². The Kier molecular flexibility index (Phi) is 10.9. The highest BCUT2D eigenvalue weighted by atomic mass is 32.1. The Morgan fingerprint density at radius 1 is 0.855 bits per heavy atom. The molecular weight excluding hydrogens is 715 g/mol. The second-order valence-electron chi connectivity index (χ2n) is 15.3. The van der Waals surface area contributed by atoms with Crippen molar-refractivity contribution in [2.24, 2.45) is 0 Å². The third kappa shape index (κ3) is 8.27. The number of rotatable bonds is 14. The van der Waals surface area contributed by atoms with Gasteiger partial charge < -0.3 is 29.3 Å². The van der Waals surface area contributed by atoms with Gasteiger partial charge in [-0.15, -0.1) is 11.3 Å². The minimum absolute atomic E-state index is 0.190. The summed E-state index contributed by atoms with van der Waals surface area (Å²) in [5.74, 6) is 0.210. The summed E-state index contributed by atoms with van der Waals surface area (Å²) >= 11 is 1.70. The third-order valence-electron chi connectivity index (χ3n) is 11.2. The highest BCUT2D eigenvalue weighted by Crippen LogP contribution is 2.36. The van der Waals surface area contributed by atoms with Gasteiger partial charge in [0.2, 0.25) is 5.91 Å². The van der Waals surface area contributed by atoms with Crippen molar-refractivity contribution in [2.75, 3.05) is 45.2 Å². The second-order valence-corrected chi connectivity index (χ2v) is 16.4. The molecule has 0 spiro atoms. The van der Waals surface area contributed by atoms with Gasteiger partial charge in [-0.3, -0.25) is 19.3 Å². The molecular formula is C43H49N5O6S. The van der Waals surface area contributed by atoms with Crippen molar-refractivity contribution < 1.29 is 28.6 Å². The molecule has 1 N–H and O–H groups in total. The van der Waals surface area contributed by atoms with Crippen LogP contribution in [0.2, 0.25) is 0 Å². The maximum absolute atomic E-state index is 13.1. The lowest BCUT2D eigenvalue weighted by Crippen LogP contribution is -2.51. The molecule has 1 atom stereocenters. The van der Waals surface area contributed by atoms with Crippen molar-refractivity contribution in [3.63, 3.8) is 0 Å². The number of fused-ring (bicyclic) bond motifs is 2. The topological polar surface area (TPSA) is 114 Å². The number of imide groups is 1. The second kappa shape index (κ2) is 16.1. The summed E-state index contributed by atoms with van der Waals surface area (Å²) in [4.78, 5) is 49.1. The monoisotopic (exact) mass is 763 g/mol. The number of nitrogens with one attached hydrogen (secondary N) is 1. The molecule has 4 heterocycles. The van der Waals surface area contributed by atoms with Crippen molar-refractivity contribution >= 4 is 45.0 Å². The fraction of sp³-hybridized carbons (Fsp3) is 0.442. The van der Waals surface area contributed by atoms with Crippen LogP contribution in [0.4, 0.5) is 5.69 Å². The number of carbonyl (C=O) groups is 3. The van der Waals surface area contributed by atoms with E-state index in [4.69, 9.17) is 19.2 Å². The molecule has 55 heavy (non-hydrogen) atoms. The number of anilines is 1. The molecule has 3 aliphatic heterocycles. The highest BCUT2D eigenvalue weighted by Gasteiger charge is 2.44. The predicted molar refractivity (Wildman–Crippen MR) is 214 cm³/mol. The first-order valence-electron chi connectivity index (χ1n) is 19.5. The molecule has 288 valence electrons. The van der Waals surface area contributed by atoms with Gasteiger partial charge in [0.05, 0.1) is 40.2 Å². The van der Waals surface area contributed by atoms with Gasteiger partial charge in [0.25, 0.3) is 11.8 Å². The summed E-state index contributed by atoms with van der Waals surface area (Å²) in [6, 6.07) is 18.9. The maximum Gasteiger partial charge on any atom is 0.262 e. The number of nitrogens with zero attached hydrogens (tertiary/aromatic N) is 4. The fourth-order valence-electron chi connectivity index (χ4n) is 7.89. The Labute approximate surface area is 326 Å². The number of thiazole rings is 1.